The minimum absolute atomic E-state index is 0.0886. The van der Waals surface area contributed by atoms with Crippen molar-refractivity contribution in [3.63, 3.8) is 0 Å². The summed E-state index contributed by atoms with van der Waals surface area (Å²) in [5.74, 6) is 1.26. The fourth-order valence-corrected chi connectivity index (χ4v) is 4.80. The van der Waals surface area contributed by atoms with Crippen LogP contribution < -0.4 is 14.9 Å². The highest BCUT2D eigenvalue weighted by molar-refractivity contribution is 7.91. The maximum Gasteiger partial charge on any atom is 0.240 e. The van der Waals surface area contributed by atoms with Crippen molar-refractivity contribution < 1.29 is 22.7 Å². The Balaban J connectivity index is 1.60. The highest BCUT2D eigenvalue weighted by atomic mass is 32.2. The van der Waals surface area contributed by atoms with Gasteiger partial charge in [-0.15, -0.1) is 0 Å². The molecule has 0 saturated carbocycles. The number of hydrogen-bond donors (Lipinski definition) is 1. The molecule has 2 aliphatic rings. The Morgan fingerprint density at radius 3 is 2.76 bits per heavy atom. The van der Waals surface area contributed by atoms with E-state index in [-0.39, 0.29) is 29.8 Å². The maximum absolute atomic E-state index is 12.0. The topological polar surface area (TPSA) is 94.1 Å². The summed E-state index contributed by atoms with van der Waals surface area (Å²) in [5.41, 5.74) is 3.98. The van der Waals surface area contributed by atoms with Crippen molar-refractivity contribution in [2.75, 3.05) is 24.7 Å². The van der Waals surface area contributed by atoms with E-state index < -0.39 is 9.84 Å². The second-order valence-electron chi connectivity index (χ2n) is 6.42. The summed E-state index contributed by atoms with van der Waals surface area (Å²) in [6.45, 7) is 3.03. The number of rotatable bonds is 4. The van der Waals surface area contributed by atoms with E-state index in [0.717, 1.165) is 12.0 Å². The number of amides is 1. The summed E-state index contributed by atoms with van der Waals surface area (Å²) >= 11 is 0. The van der Waals surface area contributed by atoms with Crippen molar-refractivity contribution in [3.8, 4) is 11.5 Å². The molecule has 1 atom stereocenters. The Bertz CT molecular complexity index is 788. The molecule has 1 fully saturated rings. The van der Waals surface area contributed by atoms with Gasteiger partial charge in [-0.25, -0.2) is 13.8 Å². The lowest BCUT2D eigenvalue weighted by Crippen LogP contribution is -2.22. The van der Waals surface area contributed by atoms with Crippen LogP contribution in [0, 0.1) is 5.92 Å². The van der Waals surface area contributed by atoms with E-state index in [2.05, 4.69) is 10.5 Å². The fraction of sp³-hybridized carbons (Fsp3) is 0.529. The Labute approximate surface area is 147 Å². The summed E-state index contributed by atoms with van der Waals surface area (Å²) < 4.78 is 34.1. The highest BCUT2D eigenvalue weighted by Gasteiger charge is 2.29. The van der Waals surface area contributed by atoms with Crippen LogP contribution in [0.5, 0.6) is 11.5 Å². The Kier molecular flexibility index (Phi) is 5.27. The van der Waals surface area contributed by atoms with Gasteiger partial charge in [0.1, 0.15) is 0 Å². The quantitative estimate of drug-likeness (QED) is 0.644. The molecule has 1 aromatic rings. The summed E-state index contributed by atoms with van der Waals surface area (Å²) in [6, 6.07) is 5.54. The third-order valence-electron chi connectivity index (χ3n) is 4.31. The first-order valence-electron chi connectivity index (χ1n) is 8.36. The summed E-state index contributed by atoms with van der Waals surface area (Å²) in [7, 11) is -2.97. The minimum Gasteiger partial charge on any atom is -0.490 e. The molecule has 0 spiro atoms. The van der Waals surface area contributed by atoms with Gasteiger partial charge in [-0.3, -0.25) is 4.79 Å². The molecule has 7 nitrogen and oxygen atoms in total. The van der Waals surface area contributed by atoms with Gasteiger partial charge in [-0.05, 0) is 37.5 Å². The van der Waals surface area contributed by atoms with Crippen LogP contribution in [-0.2, 0) is 14.6 Å². The number of carbonyl (C=O) groups is 1. The van der Waals surface area contributed by atoms with Crippen LogP contribution in [0.2, 0.25) is 0 Å². The van der Waals surface area contributed by atoms with Crippen molar-refractivity contribution >= 4 is 21.5 Å². The normalized spacial score (nSPS) is 22.3. The molecular weight excluding hydrogens is 344 g/mol. The molecule has 3 rings (SSSR count). The number of sulfone groups is 1. The van der Waals surface area contributed by atoms with E-state index in [9.17, 15) is 13.2 Å². The molecule has 2 heterocycles. The zero-order valence-corrected chi connectivity index (χ0v) is 15.0. The summed E-state index contributed by atoms with van der Waals surface area (Å²) in [4.78, 5) is 12.0. The van der Waals surface area contributed by atoms with Gasteiger partial charge in [0.2, 0.25) is 5.91 Å². The van der Waals surface area contributed by atoms with Crippen LogP contribution in [0.15, 0.2) is 23.3 Å². The standard InChI is InChI=1S/C17H22N2O5S/c1-12(14-3-4-15-16(10-14)24-7-2-6-23-15)18-19-17(20)9-13-5-8-25(21,22)11-13/h3-4,10,13H,2,5-9,11H2,1H3,(H,19,20)/b18-12-/t13-/m0/s1. The number of benzene rings is 1. The lowest BCUT2D eigenvalue weighted by molar-refractivity contribution is -0.121. The molecule has 0 radical (unpaired) electrons. The molecule has 136 valence electrons. The molecule has 2 aliphatic heterocycles. The SMILES string of the molecule is C/C(=N/NC(=O)C[C@@H]1CCS(=O)(=O)C1)c1ccc2c(c1)OCCCO2. The highest BCUT2D eigenvalue weighted by Crippen LogP contribution is 2.30. The molecule has 0 unspecified atom stereocenters. The Hall–Kier alpha value is -2.09. The van der Waals surface area contributed by atoms with Gasteiger partial charge in [0, 0.05) is 18.4 Å². The van der Waals surface area contributed by atoms with Gasteiger partial charge in [-0.1, -0.05) is 0 Å². The van der Waals surface area contributed by atoms with E-state index in [1.165, 1.54) is 0 Å². The van der Waals surface area contributed by atoms with E-state index >= 15 is 0 Å². The second-order valence-corrected chi connectivity index (χ2v) is 8.65. The number of hydrogen-bond acceptors (Lipinski definition) is 6. The molecule has 1 saturated heterocycles. The lowest BCUT2D eigenvalue weighted by atomic mass is 10.1. The predicted molar refractivity (Wildman–Crippen MR) is 93.8 cm³/mol. The van der Waals surface area contributed by atoms with Gasteiger partial charge in [-0.2, -0.15) is 5.10 Å². The van der Waals surface area contributed by atoms with E-state index in [1.807, 2.05) is 18.2 Å². The third-order valence-corrected chi connectivity index (χ3v) is 6.15. The average Bonchev–Trinajstić information content (AvgIpc) is 2.78. The van der Waals surface area contributed by atoms with Crippen molar-refractivity contribution in [1.82, 2.24) is 5.43 Å². The van der Waals surface area contributed by atoms with Crippen molar-refractivity contribution in [1.29, 1.82) is 0 Å². The third kappa shape index (κ3) is 4.72. The molecular formula is C17H22N2O5S. The Morgan fingerprint density at radius 2 is 2.04 bits per heavy atom. The molecule has 1 N–H and O–H groups in total. The minimum atomic E-state index is -2.97. The van der Waals surface area contributed by atoms with Crippen LogP contribution in [0.1, 0.15) is 31.7 Å². The van der Waals surface area contributed by atoms with Gasteiger partial charge >= 0.3 is 0 Å². The van der Waals surface area contributed by atoms with Gasteiger partial charge in [0.05, 0.1) is 30.4 Å². The first-order chi connectivity index (χ1) is 11.9. The Morgan fingerprint density at radius 1 is 1.28 bits per heavy atom. The predicted octanol–water partition coefficient (Wildman–Crippen LogP) is 1.51. The zero-order chi connectivity index (χ0) is 17.9. The van der Waals surface area contributed by atoms with E-state index in [1.54, 1.807) is 6.92 Å². The van der Waals surface area contributed by atoms with Crippen molar-refractivity contribution in [2.24, 2.45) is 11.0 Å². The fourth-order valence-electron chi connectivity index (χ4n) is 2.94. The molecule has 25 heavy (non-hydrogen) atoms. The second kappa shape index (κ2) is 7.43. The molecule has 1 aromatic carbocycles. The lowest BCUT2D eigenvalue weighted by Gasteiger charge is -2.10. The molecule has 0 bridgehead atoms. The number of carbonyl (C=O) groups excluding carboxylic acids is 1. The average molecular weight is 366 g/mol. The van der Waals surface area contributed by atoms with Crippen molar-refractivity contribution in [2.45, 2.75) is 26.2 Å². The van der Waals surface area contributed by atoms with Crippen LogP contribution in [0.25, 0.3) is 0 Å². The number of hydrazone groups is 1. The molecule has 1 amide bonds. The zero-order valence-electron chi connectivity index (χ0n) is 14.2. The largest absolute Gasteiger partial charge is 0.490 e. The van der Waals surface area contributed by atoms with Crippen LogP contribution >= 0.6 is 0 Å². The van der Waals surface area contributed by atoms with Crippen LogP contribution in [-0.4, -0.2) is 44.8 Å². The number of ether oxygens (including phenoxy) is 2. The monoisotopic (exact) mass is 366 g/mol. The first-order valence-corrected chi connectivity index (χ1v) is 10.2. The number of nitrogens with one attached hydrogen (secondary N) is 1. The first kappa shape index (κ1) is 17.7. The summed E-state index contributed by atoms with van der Waals surface area (Å²) in [6.07, 6.45) is 1.56. The van der Waals surface area contributed by atoms with Crippen LogP contribution in [0.4, 0.5) is 0 Å². The number of fused-ring (bicyclic) bond motifs is 1. The van der Waals surface area contributed by atoms with Crippen molar-refractivity contribution in [3.05, 3.63) is 23.8 Å². The smallest absolute Gasteiger partial charge is 0.240 e. The van der Waals surface area contributed by atoms with Gasteiger partial charge < -0.3 is 9.47 Å². The van der Waals surface area contributed by atoms with E-state index in [0.29, 0.717) is 36.8 Å². The van der Waals surface area contributed by atoms with Crippen LogP contribution in [0.3, 0.4) is 0 Å². The van der Waals surface area contributed by atoms with E-state index in [4.69, 9.17) is 9.47 Å². The van der Waals surface area contributed by atoms with Gasteiger partial charge in [0.15, 0.2) is 21.3 Å². The molecule has 0 aliphatic carbocycles. The number of nitrogens with zero attached hydrogens (tertiary/aromatic N) is 1. The maximum atomic E-state index is 12.0. The summed E-state index contributed by atoms with van der Waals surface area (Å²) in [5, 5.41) is 4.12. The molecule has 8 heteroatoms. The molecule has 0 aromatic heterocycles. The van der Waals surface area contributed by atoms with Gasteiger partial charge in [0.25, 0.3) is 0 Å².